The number of likely N-dealkylation sites (N-methyl/N-ethyl adjacent to an activating group) is 2. The summed E-state index contributed by atoms with van der Waals surface area (Å²) in [5.74, 6) is 0. The van der Waals surface area contributed by atoms with E-state index in [0.717, 1.165) is 32.5 Å². The molecule has 0 atom stereocenters. The van der Waals surface area contributed by atoms with Gasteiger partial charge in [0.15, 0.2) is 0 Å². The smallest absolute Gasteiger partial charge is 0.0768 e. The van der Waals surface area contributed by atoms with Crippen molar-refractivity contribution in [1.29, 1.82) is 0 Å². The summed E-state index contributed by atoms with van der Waals surface area (Å²) in [6, 6.07) is 0. The minimum atomic E-state index is -0.498. The third-order valence-electron chi connectivity index (χ3n) is 2.62. The van der Waals surface area contributed by atoms with Crippen molar-refractivity contribution in [3.63, 3.8) is 0 Å². The van der Waals surface area contributed by atoms with E-state index in [1.807, 2.05) is 27.9 Å². The Labute approximate surface area is 82.1 Å². The maximum Gasteiger partial charge on any atom is 0.0768 e. The highest BCUT2D eigenvalue weighted by Gasteiger charge is 2.23. The van der Waals surface area contributed by atoms with Crippen molar-refractivity contribution < 1.29 is 5.11 Å². The molecular weight excluding hydrogens is 164 g/mol. The van der Waals surface area contributed by atoms with Crippen molar-refractivity contribution in [1.82, 2.24) is 10.2 Å². The molecule has 0 unspecified atom stereocenters. The van der Waals surface area contributed by atoms with E-state index in [9.17, 15) is 5.11 Å². The Bertz CT molecular complexity index is 124. The van der Waals surface area contributed by atoms with Gasteiger partial charge in [-0.1, -0.05) is 13.8 Å². The van der Waals surface area contributed by atoms with Crippen LogP contribution >= 0.6 is 0 Å². The second-order valence-corrected chi connectivity index (χ2v) is 3.77. The summed E-state index contributed by atoms with van der Waals surface area (Å²) >= 11 is 0. The molecule has 0 saturated carbocycles. The van der Waals surface area contributed by atoms with Gasteiger partial charge in [-0.15, -0.1) is 0 Å². The van der Waals surface area contributed by atoms with Crippen LogP contribution in [0.1, 0.15) is 26.7 Å². The first kappa shape index (κ1) is 12.9. The first-order valence-corrected chi connectivity index (χ1v) is 5.13. The van der Waals surface area contributed by atoms with Crippen molar-refractivity contribution in [2.24, 2.45) is 0 Å². The van der Waals surface area contributed by atoms with Crippen LogP contribution < -0.4 is 5.32 Å². The minimum absolute atomic E-state index is 0.498. The molecule has 0 rings (SSSR count). The van der Waals surface area contributed by atoms with Crippen LogP contribution in [0.15, 0.2) is 0 Å². The molecule has 3 nitrogen and oxygen atoms in total. The minimum Gasteiger partial charge on any atom is -0.389 e. The van der Waals surface area contributed by atoms with Crippen LogP contribution in [0.4, 0.5) is 0 Å². The maximum absolute atomic E-state index is 10.0. The standard InChI is InChI=1S/C10H24N2O/c1-5-10(13,6-2)9-12(4)8-7-11-3/h11,13H,5-9H2,1-4H3. The molecule has 3 heteroatoms. The van der Waals surface area contributed by atoms with E-state index in [0.29, 0.717) is 0 Å². The van der Waals surface area contributed by atoms with Gasteiger partial charge in [-0.3, -0.25) is 0 Å². The maximum atomic E-state index is 10.0. The third kappa shape index (κ3) is 5.24. The first-order valence-electron chi connectivity index (χ1n) is 5.13. The quantitative estimate of drug-likeness (QED) is 0.617. The number of rotatable bonds is 7. The molecule has 2 N–H and O–H groups in total. The molecule has 0 aromatic heterocycles. The molecule has 0 aliphatic heterocycles. The molecule has 0 aliphatic carbocycles. The van der Waals surface area contributed by atoms with Crippen LogP contribution in [-0.4, -0.2) is 49.3 Å². The van der Waals surface area contributed by atoms with E-state index >= 15 is 0 Å². The molecule has 0 fully saturated rings. The summed E-state index contributed by atoms with van der Waals surface area (Å²) in [4.78, 5) is 2.17. The molecule has 0 spiro atoms. The van der Waals surface area contributed by atoms with E-state index in [1.54, 1.807) is 0 Å². The molecule has 0 bridgehead atoms. The predicted molar refractivity (Wildman–Crippen MR) is 57.0 cm³/mol. The number of aliphatic hydroxyl groups is 1. The topological polar surface area (TPSA) is 35.5 Å². The van der Waals surface area contributed by atoms with Gasteiger partial charge >= 0.3 is 0 Å². The molecule has 0 aromatic carbocycles. The van der Waals surface area contributed by atoms with Crippen LogP contribution in [0, 0.1) is 0 Å². The summed E-state index contributed by atoms with van der Waals surface area (Å²) in [7, 11) is 3.99. The Morgan fingerprint density at radius 1 is 1.31 bits per heavy atom. The molecule has 80 valence electrons. The average molecular weight is 188 g/mol. The highest BCUT2D eigenvalue weighted by Crippen LogP contribution is 2.15. The summed E-state index contributed by atoms with van der Waals surface area (Å²) < 4.78 is 0. The average Bonchev–Trinajstić information content (AvgIpc) is 2.14. The van der Waals surface area contributed by atoms with Crippen molar-refractivity contribution in [2.75, 3.05) is 33.7 Å². The van der Waals surface area contributed by atoms with Gasteiger partial charge in [-0.25, -0.2) is 0 Å². The van der Waals surface area contributed by atoms with E-state index in [-0.39, 0.29) is 0 Å². The number of hydrogen-bond acceptors (Lipinski definition) is 3. The highest BCUT2D eigenvalue weighted by molar-refractivity contribution is 4.78. The zero-order valence-electron chi connectivity index (χ0n) is 9.43. The van der Waals surface area contributed by atoms with Gasteiger partial charge in [-0.2, -0.15) is 0 Å². The third-order valence-corrected chi connectivity index (χ3v) is 2.62. The van der Waals surface area contributed by atoms with E-state index in [4.69, 9.17) is 0 Å². The molecule has 0 amide bonds. The van der Waals surface area contributed by atoms with Crippen LogP contribution in [0.25, 0.3) is 0 Å². The Morgan fingerprint density at radius 2 is 1.85 bits per heavy atom. The van der Waals surface area contributed by atoms with Gasteiger partial charge in [-0.05, 0) is 26.9 Å². The lowest BCUT2D eigenvalue weighted by atomic mass is 9.97. The van der Waals surface area contributed by atoms with Crippen LogP contribution in [-0.2, 0) is 0 Å². The Morgan fingerprint density at radius 3 is 2.23 bits per heavy atom. The van der Waals surface area contributed by atoms with Crippen LogP contribution in [0.5, 0.6) is 0 Å². The zero-order chi connectivity index (χ0) is 10.3. The lowest BCUT2D eigenvalue weighted by molar-refractivity contribution is 0.00347. The number of nitrogens with one attached hydrogen (secondary N) is 1. The molecule has 0 saturated heterocycles. The van der Waals surface area contributed by atoms with Gasteiger partial charge in [0.2, 0.25) is 0 Å². The van der Waals surface area contributed by atoms with Gasteiger partial charge in [0, 0.05) is 19.6 Å². The summed E-state index contributed by atoms with van der Waals surface area (Å²) in [6.45, 7) is 6.80. The van der Waals surface area contributed by atoms with E-state index in [2.05, 4.69) is 10.2 Å². The van der Waals surface area contributed by atoms with Gasteiger partial charge in [0.25, 0.3) is 0 Å². The summed E-state index contributed by atoms with van der Waals surface area (Å²) in [5.41, 5.74) is -0.498. The molecule has 0 radical (unpaired) electrons. The Balaban J connectivity index is 3.79. The Kier molecular flexibility index (Phi) is 6.29. The highest BCUT2D eigenvalue weighted by atomic mass is 16.3. The lowest BCUT2D eigenvalue weighted by Crippen LogP contribution is -2.42. The monoisotopic (exact) mass is 188 g/mol. The zero-order valence-corrected chi connectivity index (χ0v) is 9.43. The second kappa shape index (κ2) is 6.35. The van der Waals surface area contributed by atoms with Gasteiger partial charge < -0.3 is 15.3 Å². The van der Waals surface area contributed by atoms with Gasteiger partial charge in [0.05, 0.1) is 5.60 Å². The molecule has 13 heavy (non-hydrogen) atoms. The van der Waals surface area contributed by atoms with Crippen molar-refractivity contribution in [3.8, 4) is 0 Å². The summed E-state index contributed by atoms with van der Waals surface area (Å²) in [6.07, 6.45) is 1.65. The van der Waals surface area contributed by atoms with Crippen molar-refractivity contribution >= 4 is 0 Å². The van der Waals surface area contributed by atoms with E-state index < -0.39 is 5.60 Å². The van der Waals surface area contributed by atoms with Crippen LogP contribution in [0.2, 0.25) is 0 Å². The predicted octanol–water partition coefficient (Wildman–Crippen LogP) is 0.689. The molecular formula is C10H24N2O. The first-order chi connectivity index (χ1) is 6.08. The van der Waals surface area contributed by atoms with Crippen molar-refractivity contribution in [2.45, 2.75) is 32.3 Å². The SMILES string of the molecule is CCC(O)(CC)CN(C)CCNC. The molecule has 0 heterocycles. The number of nitrogens with zero attached hydrogens (tertiary/aromatic N) is 1. The fraction of sp³-hybridized carbons (Fsp3) is 1.00. The largest absolute Gasteiger partial charge is 0.389 e. The second-order valence-electron chi connectivity index (χ2n) is 3.77. The molecule has 0 aliphatic rings. The van der Waals surface area contributed by atoms with Gasteiger partial charge in [0.1, 0.15) is 0 Å². The van der Waals surface area contributed by atoms with E-state index in [1.165, 1.54) is 0 Å². The number of hydrogen-bond donors (Lipinski definition) is 2. The lowest BCUT2D eigenvalue weighted by Gasteiger charge is -2.30. The molecule has 0 aromatic rings. The summed E-state index contributed by atoms with van der Waals surface area (Å²) in [5, 5.41) is 13.1. The fourth-order valence-electron chi connectivity index (χ4n) is 1.36. The van der Waals surface area contributed by atoms with Crippen molar-refractivity contribution in [3.05, 3.63) is 0 Å². The van der Waals surface area contributed by atoms with Crippen LogP contribution in [0.3, 0.4) is 0 Å². The normalized spacial score (nSPS) is 12.5. The fourth-order valence-corrected chi connectivity index (χ4v) is 1.36. The Hall–Kier alpha value is -0.120.